The summed E-state index contributed by atoms with van der Waals surface area (Å²) in [6.45, 7) is 19.1. The Kier molecular flexibility index (Phi) is 4.54. The lowest BCUT2D eigenvalue weighted by Crippen LogP contribution is -2.24. The van der Waals surface area contributed by atoms with Gasteiger partial charge in [0.2, 0.25) is 0 Å². The molecule has 0 aromatic heterocycles. The van der Waals surface area contributed by atoms with Crippen molar-refractivity contribution < 1.29 is 0 Å². The summed E-state index contributed by atoms with van der Waals surface area (Å²) in [5.74, 6) is 0.829. The molecule has 0 aliphatic carbocycles. The van der Waals surface area contributed by atoms with E-state index in [0.717, 1.165) is 17.7 Å². The molecule has 1 rings (SSSR count). The molecule has 1 atom stereocenters. The molecule has 0 spiro atoms. The SMILES string of the molecule is CC(C)BSC(C)B1CC(C)(C)C(C)(C)C1. The molecule has 0 saturated carbocycles. The Bertz CT molecular complexity index is 220. The molecule has 1 aliphatic heterocycles. The summed E-state index contributed by atoms with van der Waals surface area (Å²) in [6, 6.07) is 0. The molecular formula is C13H28B2S. The Labute approximate surface area is 108 Å². The first-order valence-electron chi connectivity index (χ1n) is 6.77. The average Bonchev–Trinajstić information content (AvgIpc) is 2.32. The van der Waals surface area contributed by atoms with Gasteiger partial charge in [-0.05, 0) is 16.0 Å². The Morgan fingerprint density at radius 3 is 1.81 bits per heavy atom. The lowest BCUT2D eigenvalue weighted by atomic mass is 9.44. The van der Waals surface area contributed by atoms with Crippen LogP contribution in [0.5, 0.6) is 0 Å². The minimum absolute atomic E-state index is 0.518. The predicted octanol–water partition coefficient (Wildman–Crippen LogP) is 4.39. The first kappa shape index (κ1) is 14.5. The Morgan fingerprint density at radius 2 is 1.44 bits per heavy atom. The van der Waals surface area contributed by atoms with Crippen LogP contribution in [0.4, 0.5) is 0 Å². The monoisotopic (exact) mass is 238 g/mol. The molecule has 0 radical (unpaired) electrons. The van der Waals surface area contributed by atoms with Crippen molar-refractivity contribution in [3.05, 3.63) is 0 Å². The Hall–Kier alpha value is 0.480. The molecule has 1 aliphatic rings. The predicted molar refractivity (Wildman–Crippen MR) is 82.2 cm³/mol. The van der Waals surface area contributed by atoms with Gasteiger partial charge in [0, 0.05) is 0 Å². The largest absolute Gasteiger partial charge is 0.219 e. The zero-order valence-corrected chi connectivity index (χ0v) is 13.1. The van der Waals surface area contributed by atoms with Gasteiger partial charge in [0.05, 0.1) is 0 Å². The number of rotatable bonds is 4. The van der Waals surface area contributed by atoms with Crippen LogP contribution < -0.4 is 0 Å². The molecule has 3 heteroatoms. The zero-order valence-electron chi connectivity index (χ0n) is 12.3. The van der Waals surface area contributed by atoms with Crippen LogP contribution in [0.1, 0.15) is 48.5 Å². The van der Waals surface area contributed by atoms with Gasteiger partial charge < -0.3 is 0 Å². The fourth-order valence-electron chi connectivity index (χ4n) is 2.75. The van der Waals surface area contributed by atoms with E-state index < -0.39 is 0 Å². The zero-order chi connectivity index (χ0) is 12.6. The van der Waals surface area contributed by atoms with Crippen LogP contribution >= 0.6 is 11.6 Å². The van der Waals surface area contributed by atoms with Crippen LogP contribution in [-0.4, -0.2) is 18.4 Å². The highest BCUT2D eigenvalue weighted by Crippen LogP contribution is 2.54. The van der Waals surface area contributed by atoms with Crippen molar-refractivity contribution in [1.82, 2.24) is 0 Å². The minimum atomic E-state index is 0.518. The van der Waals surface area contributed by atoms with E-state index in [0.29, 0.717) is 10.8 Å². The minimum Gasteiger partial charge on any atom is -0.219 e. The van der Waals surface area contributed by atoms with E-state index in [4.69, 9.17) is 0 Å². The molecule has 1 unspecified atom stereocenters. The fourth-order valence-corrected chi connectivity index (χ4v) is 3.90. The fraction of sp³-hybridized carbons (Fsp3) is 1.00. The molecule has 0 aromatic rings. The van der Waals surface area contributed by atoms with E-state index >= 15 is 0 Å². The highest BCUT2D eigenvalue weighted by molar-refractivity contribution is 8.24. The van der Waals surface area contributed by atoms with Crippen LogP contribution in [0.15, 0.2) is 0 Å². The molecule has 16 heavy (non-hydrogen) atoms. The highest BCUT2D eigenvalue weighted by Gasteiger charge is 2.48. The highest BCUT2D eigenvalue weighted by atomic mass is 32.2. The van der Waals surface area contributed by atoms with Crippen LogP contribution in [0.3, 0.4) is 0 Å². The summed E-state index contributed by atoms with van der Waals surface area (Å²) in [5.41, 5.74) is 1.04. The van der Waals surface area contributed by atoms with E-state index in [1.54, 1.807) is 0 Å². The summed E-state index contributed by atoms with van der Waals surface area (Å²) < 4.78 is 0. The molecular weight excluding hydrogens is 210 g/mol. The van der Waals surface area contributed by atoms with E-state index in [-0.39, 0.29) is 0 Å². The quantitative estimate of drug-likeness (QED) is 0.654. The first-order chi connectivity index (χ1) is 7.16. The maximum atomic E-state index is 2.45. The summed E-state index contributed by atoms with van der Waals surface area (Å²) >= 11 is 2.18. The number of hydrogen-bond acceptors (Lipinski definition) is 1. The molecule has 1 saturated heterocycles. The number of hydrogen-bond donors (Lipinski definition) is 0. The standard InChI is InChI=1S/C13H28B2S/c1-10(2)14-16-11(3)15-8-12(4,5)13(6,7)9-15/h10-11,14H,8-9H2,1-7H3. The van der Waals surface area contributed by atoms with Gasteiger partial charge in [-0.3, -0.25) is 0 Å². The van der Waals surface area contributed by atoms with Crippen molar-refractivity contribution in [3.63, 3.8) is 0 Å². The van der Waals surface area contributed by atoms with Gasteiger partial charge in [-0.15, -0.1) is 0 Å². The van der Waals surface area contributed by atoms with Crippen LogP contribution in [0.25, 0.3) is 0 Å². The van der Waals surface area contributed by atoms with E-state index in [1.807, 2.05) is 0 Å². The lowest BCUT2D eigenvalue weighted by molar-refractivity contribution is 0.177. The topological polar surface area (TPSA) is 0 Å². The summed E-state index contributed by atoms with van der Waals surface area (Å²) in [7, 11) is 0. The molecule has 0 aromatic carbocycles. The lowest BCUT2D eigenvalue weighted by Gasteiger charge is -2.35. The van der Waals surface area contributed by atoms with Crippen LogP contribution in [0, 0.1) is 10.8 Å². The second-order valence-corrected chi connectivity index (χ2v) is 8.78. The van der Waals surface area contributed by atoms with Crippen molar-refractivity contribution in [1.29, 1.82) is 0 Å². The second-order valence-electron chi connectivity index (χ2n) is 7.37. The molecule has 1 heterocycles. The Morgan fingerprint density at radius 1 is 1.00 bits per heavy atom. The van der Waals surface area contributed by atoms with Gasteiger partial charge in [0.25, 0.3) is 0 Å². The normalized spacial score (nSPS) is 24.9. The third-order valence-corrected chi connectivity index (χ3v) is 6.50. The molecule has 92 valence electrons. The van der Waals surface area contributed by atoms with Crippen LogP contribution in [-0.2, 0) is 0 Å². The van der Waals surface area contributed by atoms with E-state index in [2.05, 4.69) is 60.1 Å². The first-order valence-corrected chi connectivity index (χ1v) is 7.82. The van der Waals surface area contributed by atoms with Gasteiger partial charge in [-0.25, -0.2) is 11.6 Å². The van der Waals surface area contributed by atoms with Gasteiger partial charge in [-0.2, -0.15) is 0 Å². The van der Waals surface area contributed by atoms with Crippen molar-refractivity contribution in [2.24, 2.45) is 10.8 Å². The molecule has 1 fully saturated rings. The molecule has 0 amide bonds. The summed E-state index contributed by atoms with van der Waals surface area (Å²) in [5, 5.41) is 0.837. The van der Waals surface area contributed by atoms with Gasteiger partial charge in [0.1, 0.15) is 0 Å². The van der Waals surface area contributed by atoms with Crippen molar-refractivity contribution in [2.45, 2.75) is 72.1 Å². The van der Waals surface area contributed by atoms with E-state index in [1.165, 1.54) is 19.2 Å². The van der Waals surface area contributed by atoms with E-state index in [9.17, 15) is 0 Å². The van der Waals surface area contributed by atoms with Crippen molar-refractivity contribution in [2.75, 3.05) is 0 Å². The molecule has 0 N–H and O–H groups in total. The van der Waals surface area contributed by atoms with Gasteiger partial charge >= 0.3 is 0 Å². The third-order valence-electron chi connectivity index (χ3n) is 4.73. The maximum absolute atomic E-state index is 2.45. The smallest absolute Gasteiger partial charge is 0.193 e. The van der Waals surface area contributed by atoms with Gasteiger partial charge in [0.15, 0.2) is 13.3 Å². The second kappa shape index (κ2) is 5.00. The van der Waals surface area contributed by atoms with Crippen molar-refractivity contribution >= 4 is 24.9 Å². The van der Waals surface area contributed by atoms with Gasteiger partial charge in [-0.1, -0.05) is 66.9 Å². The van der Waals surface area contributed by atoms with Crippen LogP contribution in [0.2, 0.25) is 18.5 Å². The van der Waals surface area contributed by atoms with Crippen molar-refractivity contribution in [3.8, 4) is 0 Å². The molecule has 0 bridgehead atoms. The summed E-state index contributed by atoms with van der Waals surface area (Å²) in [6.07, 6.45) is 2.82. The molecule has 0 nitrogen and oxygen atoms in total. The Balaban J connectivity index is 2.52. The average molecular weight is 238 g/mol. The summed E-state index contributed by atoms with van der Waals surface area (Å²) in [4.78, 5) is 0. The third kappa shape index (κ3) is 3.24. The maximum Gasteiger partial charge on any atom is 0.193 e.